The van der Waals surface area contributed by atoms with E-state index in [4.69, 9.17) is 19.0 Å². The summed E-state index contributed by atoms with van der Waals surface area (Å²) in [5, 5.41) is 8.60. The van der Waals surface area contributed by atoms with E-state index in [1.54, 1.807) is 6.26 Å². The SMILES string of the molecule is OCCOCCN1CCOC(c2ccco2)C1. The fourth-order valence-electron chi connectivity index (χ4n) is 1.91. The molecule has 5 heteroatoms. The molecule has 1 N–H and O–H groups in total. The van der Waals surface area contributed by atoms with Crippen LogP contribution < -0.4 is 0 Å². The molecular formula is C12H19NO4. The third kappa shape index (κ3) is 3.81. The third-order valence-corrected chi connectivity index (χ3v) is 2.80. The molecule has 0 saturated carbocycles. The summed E-state index contributed by atoms with van der Waals surface area (Å²) in [4.78, 5) is 2.29. The van der Waals surface area contributed by atoms with E-state index >= 15 is 0 Å². The highest BCUT2D eigenvalue weighted by Gasteiger charge is 2.23. The molecule has 0 bridgehead atoms. The predicted octanol–water partition coefficient (Wildman–Crippen LogP) is 0.662. The molecule has 96 valence electrons. The highest BCUT2D eigenvalue weighted by molar-refractivity contribution is 5.03. The van der Waals surface area contributed by atoms with Gasteiger partial charge in [-0.05, 0) is 12.1 Å². The molecule has 0 radical (unpaired) electrons. The van der Waals surface area contributed by atoms with Crippen molar-refractivity contribution < 1.29 is 19.0 Å². The summed E-state index contributed by atoms with van der Waals surface area (Å²) in [7, 11) is 0. The average Bonchev–Trinajstić information content (AvgIpc) is 2.89. The maximum atomic E-state index is 8.60. The fraction of sp³-hybridized carbons (Fsp3) is 0.667. The van der Waals surface area contributed by atoms with Crippen molar-refractivity contribution in [2.24, 2.45) is 0 Å². The maximum absolute atomic E-state index is 8.60. The van der Waals surface area contributed by atoms with Gasteiger partial charge < -0.3 is 19.0 Å². The number of rotatable bonds is 6. The van der Waals surface area contributed by atoms with E-state index in [1.807, 2.05) is 12.1 Å². The minimum absolute atomic E-state index is 0.0246. The molecule has 17 heavy (non-hydrogen) atoms. The Kier molecular flexibility index (Phi) is 5.00. The van der Waals surface area contributed by atoms with Crippen LogP contribution in [0.5, 0.6) is 0 Å². The van der Waals surface area contributed by atoms with Gasteiger partial charge in [0.05, 0.1) is 32.7 Å². The second kappa shape index (κ2) is 6.76. The molecule has 1 atom stereocenters. The van der Waals surface area contributed by atoms with E-state index in [0.29, 0.717) is 19.8 Å². The van der Waals surface area contributed by atoms with Crippen molar-refractivity contribution in [1.29, 1.82) is 0 Å². The van der Waals surface area contributed by atoms with Crippen LogP contribution in [0, 0.1) is 0 Å². The lowest BCUT2D eigenvalue weighted by atomic mass is 10.2. The number of hydrogen-bond donors (Lipinski definition) is 1. The van der Waals surface area contributed by atoms with Crippen LogP contribution in [-0.4, -0.2) is 56.1 Å². The van der Waals surface area contributed by atoms with E-state index in [9.17, 15) is 0 Å². The number of ether oxygens (including phenoxy) is 2. The monoisotopic (exact) mass is 241 g/mol. The molecule has 1 saturated heterocycles. The van der Waals surface area contributed by atoms with E-state index < -0.39 is 0 Å². The largest absolute Gasteiger partial charge is 0.467 e. The van der Waals surface area contributed by atoms with Gasteiger partial charge in [0.15, 0.2) is 0 Å². The first-order valence-electron chi connectivity index (χ1n) is 5.96. The summed E-state index contributed by atoms with van der Waals surface area (Å²) < 4.78 is 16.3. The van der Waals surface area contributed by atoms with Gasteiger partial charge in [-0.1, -0.05) is 0 Å². The Labute approximate surface area is 101 Å². The molecule has 1 aromatic rings. The Morgan fingerprint density at radius 3 is 3.18 bits per heavy atom. The minimum atomic E-state index is 0.0246. The molecule has 1 aromatic heterocycles. The van der Waals surface area contributed by atoms with Crippen LogP contribution in [0.15, 0.2) is 22.8 Å². The molecule has 1 fully saturated rings. The van der Waals surface area contributed by atoms with Crippen LogP contribution in [-0.2, 0) is 9.47 Å². The first kappa shape index (κ1) is 12.6. The molecule has 0 aromatic carbocycles. The van der Waals surface area contributed by atoms with Crippen molar-refractivity contribution in [3.63, 3.8) is 0 Å². The third-order valence-electron chi connectivity index (χ3n) is 2.80. The van der Waals surface area contributed by atoms with Gasteiger partial charge in [-0.15, -0.1) is 0 Å². The van der Waals surface area contributed by atoms with Crippen molar-refractivity contribution in [2.75, 3.05) is 46.1 Å². The smallest absolute Gasteiger partial charge is 0.133 e. The van der Waals surface area contributed by atoms with E-state index in [1.165, 1.54) is 0 Å². The summed E-state index contributed by atoms with van der Waals surface area (Å²) in [5.41, 5.74) is 0. The lowest BCUT2D eigenvalue weighted by Gasteiger charge is -2.31. The van der Waals surface area contributed by atoms with Gasteiger partial charge in [0, 0.05) is 19.6 Å². The number of aliphatic hydroxyl groups excluding tert-OH is 1. The Morgan fingerprint density at radius 1 is 1.47 bits per heavy atom. The molecule has 1 aliphatic rings. The number of morpholine rings is 1. The van der Waals surface area contributed by atoms with E-state index in [-0.39, 0.29) is 12.7 Å². The Morgan fingerprint density at radius 2 is 2.41 bits per heavy atom. The van der Waals surface area contributed by atoms with Crippen LogP contribution in [0.3, 0.4) is 0 Å². The summed E-state index contributed by atoms with van der Waals surface area (Å²) in [6, 6.07) is 3.82. The van der Waals surface area contributed by atoms with Gasteiger partial charge in [-0.25, -0.2) is 0 Å². The standard InChI is InChI=1S/C12H19NO4/c14-5-9-15-7-3-13-4-8-17-12(10-13)11-2-1-6-16-11/h1-2,6,12,14H,3-5,7-10H2. The molecule has 0 amide bonds. The lowest BCUT2D eigenvalue weighted by Crippen LogP contribution is -2.40. The molecule has 0 aliphatic carbocycles. The first-order valence-corrected chi connectivity index (χ1v) is 5.96. The summed E-state index contributed by atoms with van der Waals surface area (Å²) in [6.45, 7) is 4.46. The Bertz CT molecular complexity index is 301. The van der Waals surface area contributed by atoms with Gasteiger partial charge >= 0.3 is 0 Å². The number of nitrogens with zero attached hydrogens (tertiary/aromatic N) is 1. The molecule has 5 nitrogen and oxygen atoms in total. The van der Waals surface area contributed by atoms with Gasteiger partial charge in [-0.2, -0.15) is 0 Å². The van der Waals surface area contributed by atoms with Crippen molar-refractivity contribution in [3.8, 4) is 0 Å². The molecule has 1 aliphatic heterocycles. The maximum Gasteiger partial charge on any atom is 0.133 e. The topological polar surface area (TPSA) is 55.1 Å². The average molecular weight is 241 g/mol. The van der Waals surface area contributed by atoms with Crippen molar-refractivity contribution in [3.05, 3.63) is 24.2 Å². The van der Waals surface area contributed by atoms with Crippen LogP contribution in [0.1, 0.15) is 11.9 Å². The quantitative estimate of drug-likeness (QED) is 0.742. The fourth-order valence-corrected chi connectivity index (χ4v) is 1.91. The Hall–Kier alpha value is -0.880. The van der Waals surface area contributed by atoms with Gasteiger partial charge in [0.1, 0.15) is 11.9 Å². The number of furan rings is 1. The summed E-state index contributed by atoms with van der Waals surface area (Å²) in [5.74, 6) is 0.881. The van der Waals surface area contributed by atoms with Crippen molar-refractivity contribution >= 4 is 0 Å². The number of aliphatic hydroxyl groups is 1. The second-order valence-electron chi connectivity index (χ2n) is 4.01. The van der Waals surface area contributed by atoms with E-state index in [2.05, 4.69) is 4.90 Å². The first-order chi connectivity index (χ1) is 8.40. The summed E-state index contributed by atoms with van der Waals surface area (Å²) >= 11 is 0. The minimum Gasteiger partial charge on any atom is -0.467 e. The van der Waals surface area contributed by atoms with Crippen LogP contribution >= 0.6 is 0 Å². The van der Waals surface area contributed by atoms with Gasteiger partial charge in [0.25, 0.3) is 0 Å². The lowest BCUT2D eigenvalue weighted by molar-refractivity contribution is -0.0477. The van der Waals surface area contributed by atoms with Crippen LogP contribution in [0.4, 0.5) is 0 Å². The molecule has 2 heterocycles. The van der Waals surface area contributed by atoms with Crippen molar-refractivity contribution in [1.82, 2.24) is 4.90 Å². The van der Waals surface area contributed by atoms with Gasteiger partial charge in [0.2, 0.25) is 0 Å². The van der Waals surface area contributed by atoms with Gasteiger partial charge in [-0.3, -0.25) is 4.90 Å². The zero-order valence-corrected chi connectivity index (χ0v) is 9.88. The highest BCUT2D eigenvalue weighted by atomic mass is 16.5. The highest BCUT2D eigenvalue weighted by Crippen LogP contribution is 2.22. The normalized spacial score (nSPS) is 21.8. The second-order valence-corrected chi connectivity index (χ2v) is 4.01. The summed E-state index contributed by atoms with van der Waals surface area (Å²) in [6.07, 6.45) is 1.69. The zero-order chi connectivity index (χ0) is 11.9. The molecule has 2 rings (SSSR count). The Balaban J connectivity index is 1.73. The zero-order valence-electron chi connectivity index (χ0n) is 9.88. The van der Waals surface area contributed by atoms with Crippen molar-refractivity contribution in [2.45, 2.75) is 6.10 Å². The van der Waals surface area contributed by atoms with Crippen LogP contribution in [0.25, 0.3) is 0 Å². The molecule has 0 spiro atoms. The number of hydrogen-bond acceptors (Lipinski definition) is 5. The predicted molar refractivity (Wildman–Crippen MR) is 61.7 cm³/mol. The van der Waals surface area contributed by atoms with Crippen LogP contribution in [0.2, 0.25) is 0 Å². The molecular weight excluding hydrogens is 222 g/mol. The van der Waals surface area contributed by atoms with E-state index in [0.717, 1.165) is 25.4 Å². The molecule has 1 unspecified atom stereocenters.